The predicted molar refractivity (Wildman–Crippen MR) is 135 cm³/mol. The monoisotopic (exact) mass is 546 g/mol. The number of carbonyl (C=O) groups is 2. The normalized spacial score (nSPS) is 16.7. The first-order valence-electron chi connectivity index (χ1n) is 13.0. The molecule has 0 spiro atoms. The fourth-order valence-corrected chi connectivity index (χ4v) is 5.31. The van der Waals surface area contributed by atoms with E-state index in [4.69, 9.17) is 13.9 Å². The van der Waals surface area contributed by atoms with E-state index in [1.165, 1.54) is 18.9 Å². The molecule has 8 nitrogen and oxygen atoms in total. The summed E-state index contributed by atoms with van der Waals surface area (Å²) in [6.45, 7) is 9.33. The van der Waals surface area contributed by atoms with Crippen molar-refractivity contribution in [2.75, 3.05) is 19.8 Å². The maximum absolute atomic E-state index is 12.1. The Labute approximate surface area is 238 Å². The Kier molecular flexibility index (Phi) is 24.6. The van der Waals surface area contributed by atoms with Gasteiger partial charge in [-0.15, -0.1) is 0 Å². The second-order valence-electron chi connectivity index (χ2n) is 9.00. The molecule has 1 heterocycles. The Bertz CT molecular complexity index is 632. The maximum Gasteiger partial charge on any atom is 1.00 e. The van der Waals surface area contributed by atoms with Gasteiger partial charge in [0.1, 0.15) is 10.1 Å². The van der Waals surface area contributed by atoms with Gasteiger partial charge in [-0.05, 0) is 37.1 Å². The van der Waals surface area contributed by atoms with Crippen molar-refractivity contribution >= 4 is 31.8 Å². The van der Waals surface area contributed by atoms with Crippen LogP contribution in [0.1, 0.15) is 98.3 Å². The molecule has 35 heavy (non-hydrogen) atoms. The van der Waals surface area contributed by atoms with Crippen molar-refractivity contribution in [3.05, 3.63) is 0 Å². The first kappa shape index (κ1) is 37.2. The Hall–Kier alpha value is 0.0269. The van der Waals surface area contributed by atoms with Gasteiger partial charge in [-0.2, -0.15) is 0 Å². The van der Waals surface area contributed by atoms with E-state index in [2.05, 4.69) is 13.8 Å². The third kappa shape index (κ3) is 19.8. The topological polar surface area (TPSA) is 119 Å². The number of ether oxygens (including phenoxy) is 2. The van der Waals surface area contributed by atoms with Crippen LogP contribution >= 0.6 is 0 Å². The Morgan fingerprint density at radius 3 is 1.83 bits per heavy atom. The Balaban J connectivity index is 0. The van der Waals surface area contributed by atoms with E-state index >= 15 is 0 Å². The summed E-state index contributed by atoms with van der Waals surface area (Å²) in [7, 11) is -5.01. The minimum absolute atomic E-state index is 0. The van der Waals surface area contributed by atoms with Crippen molar-refractivity contribution in [3.63, 3.8) is 0 Å². The van der Waals surface area contributed by atoms with Crippen LogP contribution in [0.2, 0.25) is 6.04 Å². The van der Waals surface area contributed by atoms with E-state index in [1.54, 1.807) is 0 Å². The van der Waals surface area contributed by atoms with Crippen molar-refractivity contribution < 1.29 is 66.0 Å². The first-order valence-corrected chi connectivity index (χ1v) is 16.1. The van der Waals surface area contributed by atoms with Crippen molar-refractivity contribution in [2.45, 2.75) is 110 Å². The van der Waals surface area contributed by atoms with Crippen molar-refractivity contribution in [1.82, 2.24) is 0 Å². The van der Waals surface area contributed by atoms with Gasteiger partial charge < -0.3 is 18.5 Å². The zero-order chi connectivity index (χ0) is 25.8. The summed E-state index contributed by atoms with van der Waals surface area (Å²) in [5.41, 5.74) is 0. The molecule has 1 rings (SSSR count). The van der Waals surface area contributed by atoms with Crippen LogP contribution in [-0.2, 0) is 33.6 Å². The van der Waals surface area contributed by atoms with E-state index < -0.39 is 33.7 Å². The third-order valence-electron chi connectivity index (χ3n) is 6.07. The van der Waals surface area contributed by atoms with Gasteiger partial charge in [0.05, 0.1) is 19.6 Å². The number of rotatable bonds is 16. The molecule has 1 aliphatic heterocycles. The van der Waals surface area contributed by atoms with Gasteiger partial charge in [-0.3, -0.25) is 9.59 Å². The molecule has 0 aromatic rings. The van der Waals surface area contributed by atoms with Gasteiger partial charge in [0, 0.05) is 6.61 Å². The summed E-state index contributed by atoms with van der Waals surface area (Å²) in [6, 6.07) is 1.42. The van der Waals surface area contributed by atoms with Gasteiger partial charge in [0.25, 0.3) is 0 Å². The third-order valence-corrected chi connectivity index (χ3v) is 8.49. The van der Waals surface area contributed by atoms with Gasteiger partial charge in [0.2, 0.25) is 0 Å². The predicted octanol–water partition coefficient (Wildman–Crippen LogP) is 1.11. The molecule has 3 unspecified atom stereocenters. The molecule has 0 amide bonds. The number of hydrogen-bond acceptors (Lipinski definition) is 8. The molecule has 202 valence electrons. The molecule has 0 N–H and O–H groups in total. The minimum Gasteiger partial charge on any atom is -0.747 e. The van der Waals surface area contributed by atoms with E-state index in [-0.39, 0.29) is 64.4 Å². The van der Waals surface area contributed by atoms with Gasteiger partial charge in [0.15, 0.2) is 15.0 Å². The quantitative estimate of drug-likeness (QED) is 0.160. The summed E-state index contributed by atoms with van der Waals surface area (Å²) < 4.78 is 49.8. The fraction of sp³-hybridized carbons (Fsp3) is 0.917. The van der Waals surface area contributed by atoms with Crippen molar-refractivity contribution in [3.8, 4) is 0 Å². The smallest absolute Gasteiger partial charge is 0.747 e. The number of hydrogen-bond donors (Lipinski definition) is 0. The standard InChI is InChI=1S/C20H38O7S.C4H10OSi.Na/c1-5-9-11-16(7-3)14-26-19(21)13-18(28(23,24)25)20(22)27-15-17(8-4)12-10-6-2;1-2-4-6-5-3-1;/h16-18H,5-15H2,1-4H3,(H,23,24,25);1-4,6H2;/q;;+1/p-1. The SMILES string of the molecule is C1CC[SiH2]OC1.CCCCC(CC)COC(=O)CC(C(=O)OCC(CC)CCCC)S(=O)(=O)[O-].[Na+]. The first-order chi connectivity index (χ1) is 16.2. The molecule has 1 saturated heterocycles. The zero-order valence-electron chi connectivity index (χ0n) is 22.7. The Morgan fingerprint density at radius 1 is 0.943 bits per heavy atom. The largest absolute Gasteiger partial charge is 1.00 e. The van der Waals surface area contributed by atoms with Crippen LogP contribution in [0.25, 0.3) is 0 Å². The van der Waals surface area contributed by atoms with Crippen LogP contribution in [-0.4, -0.2) is 59.7 Å². The van der Waals surface area contributed by atoms with E-state index in [0.29, 0.717) is 0 Å². The second-order valence-corrected chi connectivity index (χ2v) is 12.1. The molecule has 3 atom stereocenters. The van der Waals surface area contributed by atoms with Crippen LogP contribution < -0.4 is 29.6 Å². The fourth-order valence-electron chi connectivity index (χ4n) is 3.50. The average molecular weight is 547 g/mol. The summed E-state index contributed by atoms with van der Waals surface area (Å²) in [4.78, 5) is 24.1. The second kappa shape index (κ2) is 23.2. The molecule has 0 radical (unpaired) electrons. The van der Waals surface area contributed by atoms with Crippen LogP contribution in [0.5, 0.6) is 0 Å². The average Bonchev–Trinajstić information content (AvgIpc) is 2.83. The maximum atomic E-state index is 12.1. The molecule has 11 heteroatoms. The molecule has 0 aliphatic carbocycles. The van der Waals surface area contributed by atoms with Gasteiger partial charge in [-0.1, -0.05) is 72.6 Å². The van der Waals surface area contributed by atoms with Gasteiger partial charge >= 0.3 is 41.5 Å². The van der Waals surface area contributed by atoms with Crippen molar-refractivity contribution in [2.24, 2.45) is 11.8 Å². The van der Waals surface area contributed by atoms with E-state index in [9.17, 15) is 22.6 Å². The Morgan fingerprint density at radius 2 is 1.49 bits per heavy atom. The van der Waals surface area contributed by atoms with E-state index in [0.717, 1.165) is 58.0 Å². The zero-order valence-corrected chi connectivity index (χ0v) is 27.0. The molecule has 0 aromatic heterocycles. The number of carbonyl (C=O) groups excluding carboxylic acids is 2. The summed E-state index contributed by atoms with van der Waals surface area (Å²) in [6.07, 6.45) is 9.33. The molecule has 0 aromatic carbocycles. The van der Waals surface area contributed by atoms with Crippen molar-refractivity contribution in [1.29, 1.82) is 0 Å². The van der Waals surface area contributed by atoms with E-state index in [1.807, 2.05) is 13.8 Å². The molecule has 1 fully saturated rings. The molecule has 0 saturated carbocycles. The van der Waals surface area contributed by atoms with Crippen LogP contribution in [0.3, 0.4) is 0 Å². The summed E-state index contributed by atoms with van der Waals surface area (Å²) >= 11 is 0. The molecular formula is C24H47NaO8SSi. The van der Waals surface area contributed by atoms with Crippen LogP contribution in [0.4, 0.5) is 0 Å². The minimum atomic E-state index is -5.01. The summed E-state index contributed by atoms with van der Waals surface area (Å²) in [5.74, 6) is -1.74. The number of esters is 2. The molecule has 0 bridgehead atoms. The van der Waals surface area contributed by atoms with Crippen LogP contribution in [0.15, 0.2) is 0 Å². The molecule has 1 aliphatic rings. The van der Waals surface area contributed by atoms with Gasteiger partial charge in [-0.25, -0.2) is 8.42 Å². The summed E-state index contributed by atoms with van der Waals surface area (Å²) in [5, 5.41) is -2.06. The number of unbranched alkanes of at least 4 members (excludes halogenated alkanes) is 2. The molecular weight excluding hydrogens is 499 g/mol. The van der Waals surface area contributed by atoms with Crippen LogP contribution in [0, 0.1) is 11.8 Å².